The third kappa shape index (κ3) is 3.80. The van der Waals surface area contributed by atoms with Crippen LogP contribution in [0.2, 0.25) is 0 Å². The van der Waals surface area contributed by atoms with Crippen molar-refractivity contribution in [3.63, 3.8) is 0 Å². The minimum atomic E-state index is -3.88. The largest absolute Gasteiger partial charge is 0.336 e. The summed E-state index contributed by atoms with van der Waals surface area (Å²) in [5.74, 6) is -1.79. The van der Waals surface area contributed by atoms with E-state index in [4.69, 9.17) is 0 Å². The van der Waals surface area contributed by atoms with E-state index in [1.54, 1.807) is 12.5 Å². The molecule has 6 nitrogen and oxygen atoms in total. The number of nitrogens with zero attached hydrogens (tertiary/aromatic N) is 4. The first-order chi connectivity index (χ1) is 11.4. The van der Waals surface area contributed by atoms with Gasteiger partial charge in [0.05, 0.1) is 11.2 Å². The predicted octanol–water partition coefficient (Wildman–Crippen LogP) is 1.17. The summed E-state index contributed by atoms with van der Waals surface area (Å²) in [5.41, 5.74) is 0. The number of hydrogen-bond donors (Lipinski definition) is 0. The van der Waals surface area contributed by atoms with Gasteiger partial charge in [0, 0.05) is 57.7 Å². The molecule has 0 aliphatic carbocycles. The topological polar surface area (TPSA) is 58.4 Å². The molecular formula is C15H18F2N4O2S. The Bertz CT molecular complexity index is 768. The van der Waals surface area contributed by atoms with Crippen LogP contribution in [-0.4, -0.2) is 59.9 Å². The zero-order valence-corrected chi connectivity index (χ0v) is 13.8. The lowest BCUT2D eigenvalue weighted by Gasteiger charge is -2.34. The molecule has 1 fully saturated rings. The highest BCUT2D eigenvalue weighted by atomic mass is 32.2. The summed E-state index contributed by atoms with van der Waals surface area (Å²) in [7, 11) is -3.88. The van der Waals surface area contributed by atoms with Crippen molar-refractivity contribution in [2.45, 2.75) is 11.4 Å². The van der Waals surface area contributed by atoms with Gasteiger partial charge in [-0.2, -0.15) is 4.31 Å². The summed E-state index contributed by atoms with van der Waals surface area (Å²) in [6.07, 6.45) is 5.32. The van der Waals surface area contributed by atoms with E-state index in [2.05, 4.69) is 9.88 Å². The quantitative estimate of drug-likeness (QED) is 0.807. The van der Waals surface area contributed by atoms with Crippen LogP contribution in [0.5, 0.6) is 0 Å². The molecule has 0 amide bonds. The highest BCUT2D eigenvalue weighted by Gasteiger charge is 2.29. The Morgan fingerprint density at radius 2 is 1.67 bits per heavy atom. The maximum absolute atomic E-state index is 13.3. The fourth-order valence-electron chi connectivity index (χ4n) is 2.70. The van der Waals surface area contributed by atoms with E-state index in [0.717, 1.165) is 25.2 Å². The van der Waals surface area contributed by atoms with Crippen LogP contribution in [0.15, 0.2) is 41.8 Å². The second-order valence-corrected chi connectivity index (χ2v) is 7.59. The van der Waals surface area contributed by atoms with Gasteiger partial charge in [-0.05, 0) is 12.1 Å². The van der Waals surface area contributed by atoms with E-state index in [-0.39, 0.29) is 4.90 Å². The van der Waals surface area contributed by atoms with E-state index in [1.807, 2.05) is 10.8 Å². The predicted molar refractivity (Wildman–Crippen MR) is 83.8 cm³/mol. The Hall–Kier alpha value is -1.84. The van der Waals surface area contributed by atoms with Crippen LogP contribution in [-0.2, 0) is 16.6 Å². The summed E-state index contributed by atoms with van der Waals surface area (Å²) in [6, 6.07) is 2.36. The zero-order chi connectivity index (χ0) is 17.2. The van der Waals surface area contributed by atoms with Crippen LogP contribution in [0.3, 0.4) is 0 Å². The minimum absolute atomic E-state index is 0.296. The smallest absolute Gasteiger partial charge is 0.243 e. The number of benzene rings is 1. The van der Waals surface area contributed by atoms with Crippen molar-refractivity contribution in [1.82, 2.24) is 18.8 Å². The number of rotatable bonds is 5. The Balaban J connectivity index is 1.61. The van der Waals surface area contributed by atoms with E-state index < -0.39 is 21.7 Å². The first kappa shape index (κ1) is 17.0. The molecule has 24 heavy (non-hydrogen) atoms. The second kappa shape index (κ2) is 6.96. The molecule has 1 aromatic heterocycles. The van der Waals surface area contributed by atoms with E-state index >= 15 is 0 Å². The van der Waals surface area contributed by atoms with Gasteiger partial charge in [0.25, 0.3) is 0 Å². The SMILES string of the molecule is O=S(=O)(c1cc(F)cc(F)c1)N1CCN(CCn2ccnc2)CC1. The van der Waals surface area contributed by atoms with Gasteiger partial charge in [-0.25, -0.2) is 22.2 Å². The van der Waals surface area contributed by atoms with Crippen LogP contribution in [0, 0.1) is 11.6 Å². The number of halogens is 2. The van der Waals surface area contributed by atoms with Gasteiger partial charge < -0.3 is 4.57 Å². The van der Waals surface area contributed by atoms with Gasteiger partial charge in [-0.1, -0.05) is 0 Å². The van der Waals surface area contributed by atoms with Crippen molar-refractivity contribution in [2.24, 2.45) is 0 Å². The number of hydrogen-bond acceptors (Lipinski definition) is 4. The summed E-state index contributed by atoms with van der Waals surface area (Å²) in [4.78, 5) is 5.78. The summed E-state index contributed by atoms with van der Waals surface area (Å²) < 4.78 is 54.8. The standard InChI is InChI=1S/C15H18F2N4O2S/c16-13-9-14(17)11-15(10-13)24(22,23)21-7-5-19(6-8-21)3-4-20-2-1-18-12-20/h1-2,9-12H,3-8H2. The molecule has 0 bridgehead atoms. The molecule has 0 saturated carbocycles. The normalized spacial score (nSPS) is 17.2. The summed E-state index contributed by atoms with van der Waals surface area (Å²) in [6.45, 7) is 3.31. The van der Waals surface area contributed by atoms with E-state index in [0.29, 0.717) is 32.2 Å². The van der Waals surface area contributed by atoms with Crippen LogP contribution in [0.1, 0.15) is 0 Å². The molecule has 1 saturated heterocycles. The Kier molecular flexibility index (Phi) is 4.93. The molecule has 1 aliphatic heterocycles. The van der Waals surface area contributed by atoms with Crippen LogP contribution in [0.25, 0.3) is 0 Å². The highest BCUT2D eigenvalue weighted by molar-refractivity contribution is 7.89. The Morgan fingerprint density at radius 3 is 2.25 bits per heavy atom. The van der Waals surface area contributed by atoms with Crippen molar-refractivity contribution in [3.05, 3.63) is 48.6 Å². The first-order valence-corrected chi connectivity index (χ1v) is 9.03. The third-order valence-corrected chi connectivity index (χ3v) is 5.92. The monoisotopic (exact) mass is 356 g/mol. The molecule has 130 valence electrons. The van der Waals surface area contributed by atoms with Crippen molar-refractivity contribution in [1.29, 1.82) is 0 Å². The molecule has 9 heteroatoms. The number of imidazole rings is 1. The Morgan fingerprint density at radius 1 is 1.00 bits per heavy atom. The maximum atomic E-state index is 13.3. The molecule has 2 heterocycles. The van der Waals surface area contributed by atoms with E-state index in [9.17, 15) is 17.2 Å². The molecule has 0 N–H and O–H groups in total. The van der Waals surface area contributed by atoms with Gasteiger partial charge in [0.1, 0.15) is 11.6 Å². The molecule has 1 aromatic carbocycles. The van der Waals surface area contributed by atoms with Gasteiger partial charge in [0.2, 0.25) is 10.0 Å². The minimum Gasteiger partial charge on any atom is -0.336 e. The average Bonchev–Trinajstić information content (AvgIpc) is 3.06. The fraction of sp³-hybridized carbons (Fsp3) is 0.400. The summed E-state index contributed by atoms with van der Waals surface area (Å²) >= 11 is 0. The molecular weight excluding hydrogens is 338 g/mol. The van der Waals surface area contributed by atoms with Crippen molar-refractivity contribution in [2.75, 3.05) is 32.7 Å². The molecule has 3 rings (SSSR count). The average molecular weight is 356 g/mol. The fourth-order valence-corrected chi connectivity index (χ4v) is 4.16. The van der Waals surface area contributed by atoms with Crippen molar-refractivity contribution < 1.29 is 17.2 Å². The van der Waals surface area contributed by atoms with Crippen LogP contribution >= 0.6 is 0 Å². The number of aromatic nitrogens is 2. The third-order valence-electron chi connectivity index (χ3n) is 4.04. The number of piperazine rings is 1. The van der Waals surface area contributed by atoms with Gasteiger partial charge >= 0.3 is 0 Å². The Labute approximate surface area is 139 Å². The van der Waals surface area contributed by atoms with Crippen molar-refractivity contribution >= 4 is 10.0 Å². The lowest BCUT2D eigenvalue weighted by atomic mass is 10.3. The zero-order valence-electron chi connectivity index (χ0n) is 13.0. The molecule has 0 unspecified atom stereocenters. The van der Waals surface area contributed by atoms with Gasteiger partial charge in [0.15, 0.2) is 0 Å². The highest BCUT2D eigenvalue weighted by Crippen LogP contribution is 2.20. The van der Waals surface area contributed by atoms with Gasteiger partial charge in [-0.15, -0.1) is 0 Å². The molecule has 0 atom stereocenters. The lowest BCUT2D eigenvalue weighted by Crippen LogP contribution is -2.49. The van der Waals surface area contributed by atoms with Gasteiger partial charge in [-0.3, -0.25) is 4.90 Å². The maximum Gasteiger partial charge on any atom is 0.243 e. The summed E-state index contributed by atoms with van der Waals surface area (Å²) in [5, 5.41) is 0. The molecule has 2 aromatic rings. The first-order valence-electron chi connectivity index (χ1n) is 7.59. The molecule has 1 aliphatic rings. The van der Waals surface area contributed by atoms with Crippen LogP contribution < -0.4 is 0 Å². The lowest BCUT2D eigenvalue weighted by molar-refractivity contribution is 0.183. The molecule has 0 radical (unpaired) electrons. The second-order valence-electron chi connectivity index (χ2n) is 5.65. The van der Waals surface area contributed by atoms with Crippen molar-refractivity contribution in [3.8, 4) is 0 Å². The van der Waals surface area contributed by atoms with E-state index in [1.165, 1.54) is 4.31 Å². The molecule has 0 spiro atoms. The number of sulfonamides is 1. The van der Waals surface area contributed by atoms with Crippen LogP contribution in [0.4, 0.5) is 8.78 Å².